The van der Waals surface area contributed by atoms with Crippen LogP contribution in [0.1, 0.15) is 25.3 Å². The fraction of sp³-hybridized carbons (Fsp3) is 0.467. The Hall–Kier alpha value is -1.24. The predicted molar refractivity (Wildman–Crippen MR) is 81.6 cm³/mol. The zero-order chi connectivity index (χ0) is 14.7. The van der Waals surface area contributed by atoms with E-state index in [1.165, 1.54) is 6.33 Å². The van der Waals surface area contributed by atoms with Crippen molar-refractivity contribution in [3.63, 3.8) is 0 Å². The lowest BCUT2D eigenvalue weighted by Crippen LogP contribution is -2.33. The van der Waals surface area contributed by atoms with Crippen molar-refractivity contribution in [2.45, 2.75) is 38.2 Å². The van der Waals surface area contributed by atoms with Crippen LogP contribution in [-0.2, 0) is 21.8 Å². The van der Waals surface area contributed by atoms with E-state index >= 15 is 0 Å². The minimum atomic E-state index is -0.783. The Bertz CT molecular complexity index is 573. The highest BCUT2D eigenvalue weighted by Gasteiger charge is 2.43. The topological polar surface area (TPSA) is 49.2 Å². The summed E-state index contributed by atoms with van der Waals surface area (Å²) < 4.78 is 15.1. The lowest BCUT2D eigenvalue weighted by atomic mass is 10.1. The molecule has 2 aromatic rings. The Balaban J connectivity index is 1.89. The summed E-state index contributed by atoms with van der Waals surface area (Å²) in [5, 5.41) is 4.18. The molecule has 21 heavy (non-hydrogen) atoms. The van der Waals surface area contributed by atoms with Gasteiger partial charge >= 0.3 is 0 Å². The first kappa shape index (κ1) is 14.7. The molecule has 1 aliphatic heterocycles. The number of halogens is 1. The summed E-state index contributed by atoms with van der Waals surface area (Å²) in [4.78, 5) is 3.99. The van der Waals surface area contributed by atoms with Crippen LogP contribution in [0.5, 0.6) is 0 Å². The smallest absolute Gasteiger partial charge is 0.215 e. The molecule has 0 bridgehead atoms. The van der Waals surface area contributed by atoms with Gasteiger partial charge in [-0.1, -0.05) is 41.4 Å². The molecule has 2 atom stereocenters. The molecule has 1 fully saturated rings. The fourth-order valence-electron chi connectivity index (χ4n) is 2.59. The average Bonchev–Trinajstić information content (AvgIpc) is 3.11. The number of aromatic nitrogens is 3. The monoisotopic (exact) mass is 351 g/mol. The molecule has 0 aliphatic carbocycles. The number of ether oxygens (including phenoxy) is 2. The van der Waals surface area contributed by atoms with Gasteiger partial charge in [0.2, 0.25) is 5.79 Å². The molecule has 0 N–H and O–H groups in total. The zero-order valence-electron chi connectivity index (χ0n) is 11.9. The molecule has 5 nitrogen and oxygen atoms in total. The normalized spacial score (nSPS) is 25.3. The standard InChI is InChI=1S/C15H18BrN3O2/c1-2-3-14-8-20-15(21-14,9-19-11-17-10-18-19)12-4-6-13(16)7-5-12/h4-7,10-11,14H,2-3,8-9H2,1H3/t14-,15+/m0/s1. The molecule has 1 saturated heterocycles. The molecule has 112 valence electrons. The highest BCUT2D eigenvalue weighted by atomic mass is 79.9. The Morgan fingerprint density at radius 2 is 2.19 bits per heavy atom. The number of rotatable bonds is 5. The summed E-state index contributed by atoms with van der Waals surface area (Å²) >= 11 is 3.46. The first-order valence-corrected chi connectivity index (χ1v) is 7.91. The second-order valence-electron chi connectivity index (χ2n) is 5.19. The first-order valence-electron chi connectivity index (χ1n) is 7.12. The van der Waals surface area contributed by atoms with Gasteiger partial charge < -0.3 is 9.47 Å². The van der Waals surface area contributed by atoms with Gasteiger partial charge in [0.1, 0.15) is 19.2 Å². The van der Waals surface area contributed by atoms with Gasteiger partial charge in [-0.15, -0.1) is 0 Å². The van der Waals surface area contributed by atoms with Gasteiger partial charge in [-0.2, -0.15) is 5.10 Å². The highest BCUT2D eigenvalue weighted by molar-refractivity contribution is 9.10. The van der Waals surface area contributed by atoms with Gasteiger partial charge in [0.05, 0.1) is 12.7 Å². The van der Waals surface area contributed by atoms with Crippen LogP contribution >= 0.6 is 15.9 Å². The van der Waals surface area contributed by atoms with Gasteiger partial charge in [-0.25, -0.2) is 9.67 Å². The van der Waals surface area contributed by atoms with E-state index in [0.717, 1.165) is 22.9 Å². The van der Waals surface area contributed by atoms with E-state index < -0.39 is 5.79 Å². The van der Waals surface area contributed by atoms with Gasteiger partial charge in [-0.3, -0.25) is 0 Å². The van der Waals surface area contributed by atoms with Crippen LogP contribution in [0, 0.1) is 0 Å². The van der Waals surface area contributed by atoms with Gasteiger partial charge in [0.25, 0.3) is 0 Å². The first-order chi connectivity index (χ1) is 10.2. The van der Waals surface area contributed by atoms with E-state index in [9.17, 15) is 0 Å². The number of benzene rings is 1. The fourth-order valence-corrected chi connectivity index (χ4v) is 2.85. The summed E-state index contributed by atoms with van der Waals surface area (Å²) in [5.74, 6) is -0.783. The van der Waals surface area contributed by atoms with Crippen LogP contribution in [0.25, 0.3) is 0 Å². The van der Waals surface area contributed by atoms with Crippen molar-refractivity contribution < 1.29 is 9.47 Å². The van der Waals surface area contributed by atoms with Crippen molar-refractivity contribution in [1.82, 2.24) is 14.8 Å². The molecular formula is C15H18BrN3O2. The maximum atomic E-state index is 6.26. The largest absolute Gasteiger partial charge is 0.342 e. The van der Waals surface area contributed by atoms with Crippen LogP contribution in [0.4, 0.5) is 0 Å². The summed E-state index contributed by atoms with van der Waals surface area (Å²) in [6, 6.07) is 8.04. The van der Waals surface area contributed by atoms with Crippen LogP contribution in [0.15, 0.2) is 41.4 Å². The number of hydrogen-bond acceptors (Lipinski definition) is 4. The molecule has 0 unspecified atom stereocenters. The molecule has 0 spiro atoms. The summed E-state index contributed by atoms with van der Waals surface area (Å²) in [6.45, 7) is 3.26. The summed E-state index contributed by atoms with van der Waals surface area (Å²) in [5.41, 5.74) is 1.000. The van der Waals surface area contributed by atoms with Gasteiger partial charge in [0.15, 0.2) is 0 Å². The van der Waals surface area contributed by atoms with Crippen molar-refractivity contribution in [1.29, 1.82) is 0 Å². The Morgan fingerprint density at radius 3 is 2.86 bits per heavy atom. The van der Waals surface area contributed by atoms with Crippen molar-refractivity contribution in [2.75, 3.05) is 6.61 Å². The van der Waals surface area contributed by atoms with E-state index in [0.29, 0.717) is 13.2 Å². The van der Waals surface area contributed by atoms with E-state index in [4.69, 9.17) is 9.47 Å². The Kier molecular flexibility index (Phi) is 4.37. The van der Waals surface area contributed by atoms with Gasteiger partial charge in [-0.05, 0) is 18.6 Å². The molecule has 1 aliphatic rings. The molecule has 0 saturated carbocycles. The summed E-state index contributed by atoms with van der Waals surface area (Å²) in [7, 11) is 0. The van der Waals surface area contributed by atoms with Crippen molar-refractivity contribution in [3.05, 3.63) is 47.0 Å². The highest BCUT2D eigenvalue weighted by Crippen LogP contribution is 2.37. The van der Waals surface area contributed by atoms with Crippen LogP contribution in [-0.4, -0.2) is 27.5 Å². The van der Waals surface area contributed by atoms with Crippen LogP contribution in [0.2, 0.25) is 0 Å². The molecule has 3 rings (SSSR count). The maximum absolute atomic E-state index is 6.26. The molecule has 2 heterocycles. The third kappa shape index (κ3) is 3.17. The Morgan fingerprint density at radius 1 is 1.38 bits per heavy atom. The second kappa shape index (κ2) is 6.25. The third-order valence-corrected chi connectivity index (χ3v) is 4.12. The van der Waals surface area contributed by atoms with Crippen molar-refractivity contribution >= 4 is 15.9 Å². The van der Waals surface area contributed by atoms with Crippen LogP contribution < -0.4 is 0 Å². The summed E-state index contributed by atoms with van der Waals surface area (Å²) in [6.07, 6.45) is 5.40. The molecule has 0 amide bonds. The second-order valence-corrected chi connectivity index (χ2v) is 6.11. The molecule has 1 aromatic carbocycles. The third-order valence-electron chi connectivity index (χ3n) is 3.59. The number of nitrogens with zero attached hydrogens (tertiary/aromatic N) is 3. The predicted octanol–water partition coefficient (Wildman–Crippen LogP) is 3.11. The Labute approximate surface area is 132 Å². The minimum Gasteiger partial charge on any atom is -0.342 e. The maximum Gasteiger partial charge on any atom is 0.215 e. The van der Waals surface area contributed by atoms with E-state index in [-0.39, 0.29) is 6.10 Å². The van der Waals surface area contributed by atoms with E-state index in [2.05, 4.69) is 32.9 Å². The van der Waals surface area contributed by atoms with Crippen molar-refractivity contribution in [3.8, 4) is 0 Å². The zero-order valence-corrected chi connectivity index (χ0v) is 13.5. The van der Waals surface area contributed by atoms with E-state index in [1.54, 1.807) is 11.0 Å². The molecule has 0 radical (unpaired) electrons. The van der Waals surface area contributed by atoms with Gasteiger partial charge in [0, 0.05) is 10.0 Å². The number of hydrogen-bond donors (Lipinski definition) is 0. The lowest BCUT2D eigenvalue weighted by molar-refractivity contribution is -0.189. The SMILES string of the molecule is CCC[C@H]1CO[C@@](Cn2cncn2)(c2ccc(Br)cc2)O1. The van der Waals surface area contributed by atoms with Crippen LogP contribution in [0.3, 0.4) is 0 Å². The van der Waals surface area contributed by atoms with E-state index in [1.807, 2.05) is 24.3 Å². The molecule has 1 aromatic heterocycles. The molecular weight excluding hydrogens is 334 g/mol. The average molecular weight is 352 g/mol. The molecule has 6 heteroatoms. The quantitative estimate of drug-likeness (QED) is 0.830. The lowest BCUT2D eigenvalue weighted by Gasteiger charge is -2.28. The van der Waals surface area contributed by atoms with Crippen molar-refractivity contribution in [2.24, 2.45) is 0 Å². The minimum absolute atomic E-state index is 0.127.